The maximum Gasteiger partial charge on any atom is 0.258 e. The molecule has 1 fully saturated rings. The van der Waals surface area contributed by atoms with Gasteiger partial charge in [-0.2, -0.15) is 0 Å². The van der Waals surface area contributed by atoms with Crippen LogP contribution in [0.25, 0.3) is 11.3 Å². The number of hydrogen-bond acceptors (Lipinski definition) is 4. The zero-order valence-corrected chi connectivity index (χ0v) is 20.2. The number of hydrogen-bond donors (Lipinski definition) is 2. The summed E-state index contributed by atoms with van der Waals surface area (Å²) < 4.78 is 0.938. The van der Waals surface area contributed by atoms with Gasteiger partial charge in [0.15, 0.2) is 0 Å². The summed E-state index contributed by atoms with van der Waals surface area (Å²) in [6.07, 6.45) is 0. The lowest BCUT2D eigenvalue weighted by molar-refractivity contribution is -0.110. The molecule has 0 atom stereocenters. The summed E-state index contributed by atoms with van der Waals surface area (Å²) in [5, 5.41) is 6.55. The van der Waals surface area contributed by atoms with E-state index in [0.29, 0.717) is 5.57 Å². The van der Waals surface area contributed by atoms with Crippen LogP contribution in [-0.4, -0.2) is 48.9 Å². The third-order valence-electron chi connectivity index (χ3n) is 6.26. The van der Waals surface area contributed by atoms with Gasteiger partial charge >= 0.3 is 0 Å². The monoisotopic (exact) mass is 502 g/mol. The van der Waals surface area contributed by atoms with Crippen molar-refractivity contribution in [2.24, 2.45) is 0 Å². The number of benzene rings is 3. The highest BCUT2D eigenvalue weighted by Gasteiger charge is 2.28. The van der Waals surface area contributed by atoms with Crippen LogP contribution in [-0.2, 0) is 11.3 Å². The Morgan fingerprint density at radius 2 is 1.70 bits per heavy atom. The highest BCUT2D eigenvalue weighted by atomic mass is 79.9. The largest absolute Gasteiger partial charge is 0.354 e. The van der Waals surface area contributed by atoms with E-state index in [-0.39, 0.29) is 5.91 Å². The number of rotatable bonds is 5. The molecule has 2 heterocycles. The van der Waals surface area contributed by atoms with Crippen molar-refractivity contribution in [3.63, 3.8) is 0 Å². The molecule has 5 nitrogen and oxygen atoms in total. The second kappa shape index (κ2) is 9.51. The van der Waals surface area contributed by atoms with Gasteiger partial charge in [0.1, 0.15) is 0 Å². The quantitative estimate of drug-likeness (QED) is 0.474. The molecule has 5 rings (SSSR count). The van der Waals surface area contributed by atoms with E-state index in [1.54, 1.807) is 0 Å². The van der Waals surface area contributed by atoms with Crippen molar-refractivity contribution in [2.45, 2.75) is 6.54 Å². The molecule has 2 N–H and O–H groups in total. The third kappa shape index (κ3) is 4.88. The molecule has 0 spiro atoms. The molecule has 168 valence electrons. The van der Waals surface area contributed by atoms with Crippen molar-refractivity contribution in [3.05, 3.63) is 94.0 Å². The van der Waals surface area contributed by atoms with Crippen LogP contribution >= 0.6 is 15.9 Å². The average Bonchev–Trinajstić information content (AvgIpc) is 3.15. The van der Waals surface area contributed by atoms with E-state index < -0.39 is 0 Å². The molecule has 2 aliphatic heterocycles. The van der Waals surface area contributed by atoms with E-state index in [1.807, 2.05) is 48.5 Å². The molecule has 0 aliphatic carbocycles. The first-order chi connectivity index (χ1) is 16.1. The number of fused-ring (bicyclic) bond motifs is 1. The van der Waals surface area contributed by atoms with E-state index in [2.05, 4.69) is 67.7 Å². The van der Waals surface area contributed by atoms with Crippen LogP contribution < -0.4 is 10.6 Å². The number of likely N-dealkylation sites (N-methyl/N-ethyl adjacent to an activating group) is 1. The molecule has 2 aliphatic rings. The molecule has 33 heavy (non-hydrogen) atoms. The Morgan fingerprint density at radius 1 is 0.970 bits per heavy atom. The van der Waals surface area contributed by atoms with Crippen molar-refractivity contribution in [1.82, 2.24) is 9.80 Å². The number of carbonyl (C=O) groups excluding carboxylic acids is 1. The topological polar surface area (TPSA) is 47.6 Å². The van der Waals surface area contributed by atoms with Crippen LogP contribution in [0.15, 0.2) is 77.3 Å². The Bertz CT molecular complexity index is 1180. The fraction of sp³-hybridized carbons (Fsp3) is 0.222. The minimum atomic E-state index is -0.0962. The summed E-state index contributed by atoms with van der Waals surface area (Å²) in [7, 11) is 2.18. The van der Waals surface area contributed by atoms with Crippen molar-refractivity contribution < 1.29 is 4.79 Å². The van der Waals surface area contributed by atoms with Gasteiger partial charge < -0.3 is 15.5 Å². The van der Waals surface area contributed by atoms with Gasteiger partial charge in [0, 0.05) is 48.4 Å². The smallest absolute Gasteiger partial charge is 0.258 e. The maximum atomic E-state index is 13.0. The highest BCUT2D eigenvalue weighted by molar-refractivity contribution is 9.10. The molecular weight excluding hydrogens is 476 g/mol. The van der Waals surface area contributed by atoms with Gasteiger partial charge in [0.2, 0.25) is 0 Å². The second-order valence-electron chi connectivity index (χ2n) is 8.66. The summed E-state index contributed by atoms with van der Waals surface area (Å²) >= 11 is 3.50. The van der Waals surface area contributed by atoms with Crippen LogP contribution in [0.4, 0.5) is 11.4 Å². The van der Waals surface area contributed by atoms with Crippen LogP contribution in [0, 0.1) is 0 Å². The van der Waals surface area contributed by atoms with E-state index in [0.717, 1.165) is 65.4 Å². The molecule has 6 heteroatoms. The first-order valence-electron chi connectivity index (χ1n) is 11.2. The molecule has 0 aromatic heterocycles. The molecule has 0 radical (unpaired) electrons. The summed E-state index contributed by atoms with van der Waals surface area (Å²) in [6, 6.07) is 24.5. The van der Waals surface area contributed by atoms with Crippen LogP contribution in [0.5, 0.6) is 0 Å². The number of halogens is 1. The predicted molar refractivity (Wildman–Crippen MR) is 139 cm³/mol. The Morgan fingerprint density at radius 3 is 2.42 bits per heavy atom. The van der Waals surface area contributed by atoms with E-state index in [4.69, 9.17) is 0 Å². The van der Waals surface area contributed by atoms with E-state index in [1.165, 1.54) is 5.56 Å². The first-order valence-corrected chi connectivity index (χ1v) is 12.0. The number of piperazine rings is 1. The summed E-state index contributed by atoms with van der Waals surface area (Å²) in [4.78, 5) is 17.9. The van der Waals surface area contributed by atoms with Crippen molar-refractivity contribution in [2.75, 3.05) is 43.9 Å². The minimum Gasteiger partial charge on any atom is -0.354 e. The molecule has 3 aromatic carbocycles. The normalized spacial score (nSPS) is 18.1. The second-order valence-corrected chi connectivity index (χ2v) is 9.58. The summed E-state index contributed by atoms with van der Waals surface area (Å²) in [6.45, 7) is 5.41. The number of amides is 1. The highest BCUT2D eigenvalue weighted by Crippen LogP contribution is 2.38. The predicted octanol–water partition coefficient (Wildman–Crippen LogP) is 5.13. The van der Waals surface area contributed by atoms with Gasteiger partial charge in [0.25, 0.3) is 5.91 Å². The third-order valence-corrected chi connectivity index (χ3v) is 6.76. The van der Waals surface area contributed by atoms with Crippen molar-refractivity contribution >= 4 is 44.5 Å². The lowest BCUT2D eigenvalue weighted by Crippen LogP contribution is -2.43. The van der Waals surface area contributed by atoms with Crippen molar-refractivity contribution in [3.8, 4) is 0 Å². The zero-order valence-electron chi connectivity index (χ0n) is 18.6. The standard InChI is InChI=1S/C27H27BrN4O/c1-31-13-15-32(16-14-31)18-19-7-10-22(11-8-19)29-26(20-5-3-2-4-6-20)25-23-12-9-21(28)17-24(23)30-27(25)33/h2-12,17,29H,13-16,18H2,1H3,(H,30,33). The number of nitrogens with zero attached hydrogens (tertiary/aromatic N) is 2. The van der Waals surface area contributed by atoms with E-state index >= 15 is 0 Å². The van der Waals surface area contributed by atoms with Crippen LogP contribution in [0.2, 0.25) is 0 Å². The fourth-order valence-corrected chi connectivity index (χ4v) is 4.74. The Labute approximate surface area is 203 Å². The summed E-state index contributed by atoms with van der Waals surface area (Å²) in [5.74, 6) is -0.0962. The lowest BCUT2D eigenvalue weighted by atomic mass is 10.00. The Hall–Kier alpha value is -2.93. The van der Waals surface area contributed by atoms with Crippen LogP contribution in [0.1, 0.15) is 16.7 Å². The Kier molecular flexibility index (Phi) is 6.31. The lowest BCUT2D eigenvalue weighted by Gasteiger charge is -2.32. The summed E-state index contributed by atoms with van der Waals surface area (Å²) in [5.41, 5.74) is 6.42. The minimum absolute atomic E-state index is 0.0962. The molecule has 0 bridgehead atoms. The van der Waals surface area contributed by atoms with Crippen LogP contribution in [0.3, 0.4) is 0 Å². The SMILES string of the molecule is CN1CCN(Cc2ccc(NC(=C3C(=O)Nc4cc(Br)ccc43)c3ccccc3)cc2)CC1. The van der Waals surface area contributed by atoms with Gasteiger partial charge in [-0.05, 0) is 42.4 Å². The first kappa shape index (κ1) is 21.9. The zero-order chi connectivity index (χ0) is 22.8. The van der Waals surface area contributed by atoms with Gasteiger partial charge in [-0.3, -0.25) is 9.69 Å². The van der Waals surface area contributed by atoms with Gasteiger partial charge in [0.05, 0.1) is 17.0 Å². The number of carbonyl (C=O) groups is 1. The van der Waals surface area contributed by atoms with Gasteiger partial charge in [-0.1, -0.05) is 64.5 Å². The number of nitrogens with one attached hydrogen (secondary N) is 2. The Balaban J connectivity index is 1.44. The van der Waals surface area contributed by atoms with Gasteiger partial charge in [-0.25, -0.2) is 0 Å². The molecular formula is C27H27BrN4O. The molecule has 1 amide bonds. The number of anilines is 2. The molecule has 3 aromatic rings. The molecule has 0 unspecified atom stereocenters. The maximum absolute atomic E-state index is 13.0. The van der Waals surface area contributed by atoms with Gasteiger partial charge in [-0.15, -0.1) is 0 Å². The van der Waals surface area contributed by atoms with Crippen molar-refractivity contribution in [1.29, 1.82) is 0 Å². The van der Waals surface area contributed by atoms with E-state index in [9.17, 15) is 4.79 Å². The molecule has 1 saturated heterocycles. The molecule has 0 saturated carbocycles. The average molecular weight is 503 g/mol. The fourth-order valence-electron chi connectivity index (χ4n) is 4.38.